The van der Waals surface area contributed by atoms with Gasteiger partial charge in [-0.15, -0.1) is 11.3 Å². The van der Waals surface area contributed by atoms with Crippen LogP contribution in [0.3, 0.4) is 0 Å². The van der Waals surface area contributed by atoms with Gasteiger partial charge in [0.05, 0.1) is 11.1 Å². The lowest BCUT2D eigenvalue weighted by molar-refractivity contribution is 0.403. The van der Waals surface area contributed by atoms with Crippen LogP contribution < -0.4 is 4.90 Å². The highest BCUT2D eigenvalue weighted by Crippen LogP contribution is 2.62. The van der Waals surface area contributed by atoms with Gasteiger partial charge in [-0.2, -0.15) is 0 Å². The first-order valence-corrected chi connectivity index (χ1v) is 25.5. The molecule has 0 fully saturated rings. The van der Waals surface area contributed by atoms with Crippen molar-refractivity contribution in [2.24, 2.45) is 0 Å². The molecule has 0 unspecified atom stereocenters. The lowest BCUT2D eigenvalue weighted by atomic mass is 9.67. The predicted octanol–water partition coefficient (Wildman–Crippen LogP) is 18.8. The number of nitrogens with zero attached hydrogens (tertiary/aromatic N) is 1. The van der Waals surface area contributed by atoms with E-state index < -0.39 is 5.41 Å². The van der Waals surface area contributed by atoms with Crippen LogP contribution in [0.1, 0.15) is 67.5 Å². The Hall–Kier alpha value is -7.78. The van der Waals surface area contributed by atoms with E-state index in [-0.39, 0.29) is 10.8 Å². The molecular formula is C68H53NS. The second-order valence-corrected chi connectivity index (χ2v) is 21.8. The Balaban J connectivity index is 1.02. The van der Waals surface area contributed by atoms with E-state index in [1.54, 1.807) is 0 Å². The maximum Gasteiger partial charge on any atom is 0.0713 e. The van der Waals surface area contributed by atoms with Gasteiger partial charge in [0.25, 0.3) is 0 Å². The highest BCUT2D eigenvalue weighted by molar-refractivity contribution is 7.25. The summed E-state index contributed by atoms with van der Waals surface area (Å²) in [5, 5.41) is 2.60. The monoisotopic (exact) mass is 915 g/mol. The molecule has 0 atom stereocenters. The summed E-state index contributed by atoms with van der Waals surface area (Å²) in [5.74, 6) is 0. The summed E-state index contributed by atoms with van der Waals surface area (Å²) < 4.78 is 2.58. The highest BCUT2D eigenvalue weighted by Gasteiger charge is 2.50. The Morgan fingerprint density at radius 1 is 0.357 bits per heavy atom. The van der Waals surface area contributed by atoms with Crippen LogP contribution >= 0.6 is 11.3 Å². The van der Waals surface area contributed by atoms with Crippen LogP contribution in [-0.2, 0) is 16.2 Å². The van der Waals surface area contributed by atoms with Crippen molar-refractivity contribution < 1.29 is 0 Å². The van der Waals surface area contributed by atoms with Crippen LogP contribution in [0.15, 0.2) is 237 Å². The second kappa shape index (κ2) is 16.2. The minimum Gasteiger partial charge on any atom is -0.310 e. The topological polar surface area (TPSA) is 3.24 Å². The maximum absolute atomic E-state index is 2.62. The van der Waals surface area contributed by atoms with Crippen molar-refractivity contribution in [2.45, 2.75) is 50.4 Å². The molecule has 0 spiro atoms. The van der Waals surface area contributed by atoms with E-state index in [0.717, 1.165) is 23.5 Å². The zero-order valence-corrected chi connectivity index (χ0v) is 40.9. The Kier molecular flexibility index (Phi) is 9.77. The summed E-state index contributed by atoms with van der Waals surface area (Å²) >= 11 is 1.86. The first kappa shape index (κ1) is 42.3. The molecule has 1 heterocycles. The van der Waals surface area contributed by atoms with Crippen molar-refractivity contribution in [2.75, 3.05) is 4.90 Å². The van der Waals surface area contributed by atoms with Gasteiger partial charge in [0.15, 0.2) is 0 Å². The van der Waals surface area contributed by atoms with Gasteiger partial charge in [0.2, 0.25) is 0 Å². The minimum atomic E-state index is -0.504. The van der Waals surface area contributed by atoms with Crippen LogP contribution in [0.4, 0.5) is 17.1 Å². The van der Waals surface area contributed by atoms with Crippen molar-refractivity contribution >= 4 is 48.6 Å². The minimum absolute atomic E-state index is 0.0470. The zero-order chi connectivity index (χ0) is 47.2. The number of thiophene rings is 1. The quantitative estimate of drug-likeness (QED) is 0.147. The van der Waals surface area contributed by atoms with Gasteiger partial charge in [0.1, 0.15) is 0 Å². The maximum atomic E-state index is 2.62. The molecule has 1 aromatic heterocycles. The largest absolute Gasteiger partial charge is 0.310 e. The molecule has 1 nitrogen and oxygen atoms in total. The van der Waals surface area contributed by atoms with Crippen LogP contribution in [0.5, 0.6) is 0 Å². The normalized spacial score (nSPS) is 14.9. The Morgan fingerprint density at radius 3 is 1.67 bits per heavy atom. The van der Waals surface area contributed by atoms with E-state index >= 15 is 0 Å². The summed E-state index contributed by atoms with van der Waals surface area (Å²) in [6.07, 6.45) is 1.11. The number of hydrogen-bond acceptors (Lipinski definition) is 2. The predicted molar refractivity (Wildman–Crippen MR) is 298 cm³/mol. The van der Waals surface area contributed by atoms with Gasteiger partial charge in [0, 0.05) is 37.1 Å². The summed E-state index contributed by atoms with van der Waals surface area (Å²) in [5.41, 5.74) is 21.1. The average Bonchev–Trinajstić information content (AvgIpc) is 3.98. The van der Waals surface area contributed by atoms with E-state index in [0.29, 0.717) is 0 Å². The third kappa shape index (κ3) is 6.58. The molecule has 2 aliphatic carbocycles. The summed E-state index contributed by atoms with van der Waals surface area (Å²) in [7, 11) is 0. The van der Waals surface area contributed by atoms with Gasteiger partial charge < -0.3 is 4.90 Å². The first-order chi connectivity index (χ1) is 34.2. The molecule has 11 aromatic rings. The smallest absolute Gasteiger partial charge is 0.0713 e. The standard InChI is InChI=1S/C68H53NS/c1-66(2)44-67(3,4)61-43-59-57(42-60(61)66)65-54(33-20-34-58(65)68(59,49-26-10-6-11-27-49)50-28-12-7-13-29-50)48-25-18-24-47(39-48)53-31-14-16-35-62(53)69(51-30-19-23-46(40-51)45-21-8-5-9-22-45)52-37-38-56-55-32-15-17-36-63(55)70-64(56)41-52/h5-43H,44H2,1-4H3. The fourth-order valence-electron chi connectivity index (χ4n) is 12.7. The molecule has 0 bridgehead atoms. The number of hydrogen-bond donors (Lipinski definition) is 0. The molecule has 0 saturated heterocycles. The highest BCUT2D eigenvalue weighted by atomic mass is 32.1. The zero-order valence-electron chi connectivity index (χ0n) is 40.1. The van der Waals surface area contributed by atoms with Gasteiger partial charge in [-0.1, -0.05) is 216 Å². The van der Waals surface area contributed by atoms with Crippen LogP contribution in [0.2, 0.25) is 0 Å². The third-order valence-electron chi connectivity index (χ3n) is 15.5. The molecule has 0 N–H and O–H groups in total. The van der Waals surface area contributed by atoms with Crippen molar-refractivity contribution in [3.8, 4) is 44.5 Å². The molecule has 2 heteroatoms. The molecule has 336 valence electrons. The first-order valence-electron chi connectivity index (χ1n) is 24.7. The number of anilines is 3. The van der Waals surface area contributed by atoms with Crippen LogP contribution in [-0.4, -0.2) is 0 Å². The van der Waals surface area contributed by atoms with E-state index in [2.05, 4.69) is 269 Å². The fraction of sp³-hybridized carbons (Fsp3) is 0.118. The van der Waals surface area contributed by atoms with Crippen LogP contribution in [0, 0.1) is 0 Å². The summed E-state index contributed by atoms with van der Waals surface area (Å²) in [4.78, 5) is 2.46. The van der Waals surface area contributed by atoms with Crippen molar-refractivity contribution in [1.29, 1.82) is 0 Å². The van der Waals surface area contributed by atoms with Gasteiger partial charge in [-0.3, -0.25) is 0 Å². The molecule has 0 amide bonds. The second-order valence-electron chi connectivity index (χ2n) is 20.7. The van der Waals surface area contributed by atoms with E-state index in [9.17, 15) is 0 Å². The lowest BCUT2D eigenvalue weighted by Crippen LogP contribution is -2.29. The Morgan fingerprint density at radius 2 is 0.914 bits per heavy atom. The number of rotatable bonds is 8. The SMILES string of the molecule is CC1(C)CC(C)(C)c2cc3c(cc21)-c1c(-c2cccc(-c4ccccc4N(c4cccc(-c5ccccc5)c4)c4ccc5c(c4)sc4ccccc45)c2)cccc1C3(c1ccccc1)c1ccccc1. The fourth-order valence-corrected chi connectivity index (χ4v) is 13.9. The number of fused-ring (bicyclic) bond motifs is 7. The van der Waals surface area contributed by atoms with Gasteiger partial charge >= 0.3 is 0 Å². The van der Waals surface area contributed by atoms with E-state index in [1.165, 1.54) is 98.1 Å². The van der Waals surface area contributed by atoms with Gasteiger partial charge in [-0.05, 0) is 138 Å². The number of para-hydroxylation sites is 1. The van der Waals surface area contributed by atoms with Gasteiger partial charge in [-0.25, -0.2) is 0 Å². The van der Waals surface area contributed by atoms with E-state index in [1.807, 2.05) is 11.3 Å². The molecule has 0 aliphatic heterocycles. The van der Waals surface area contributed by atoms with Crippen molar-refractivity contribution in [3.05, 3.63) is 270 Å². The molecule has 0 saturated carbocycles. The Bertz CT molecular complexity index is 3760. The average molecular weight is 916 g/mol. The third-order valence-corrected chi connectivity index (χ3v) is 16.7. The Labute approximate surface area is 416 Å². The van der Waals surface area contributed by atoms with Crippen molar-refractivity contribution in [3.63, 3.8) is 0 Å². The molecule has 2 aliphatic rings. The molecule has 70 heavy (non-hydrogen) atoms. The molecule has 13 rings (SSSR count). The van der Waals surface area contributed by atoms with Crippen molar-refractivity contribution in [1.82, 2.24) is 0 Å². The van der Waals surface area contributed by atoms with E-state index in [4.69, 9.17) is 0 Å². The molecule has 10 aromatic carbocycles. The summed E-state index contributed by atoms with van der Waals surface area (Å²) in [6, 6.07) is 88.6. The lowest BCUT2D eigenvalue weighted by Gasteiger charge is -2.34. The van der Waals surface area contributed by atoms with Crippen LogP contribution in [0.25, 0.3) is 64.7 Å². The summed E-state index contributed by atoms with van der Waals surface area (Å²) in [6.45, 7) is 9.78. The number of benzene rings is 10. The molecular weight excluding hydrogens is 863 g/mol. The molecule has 0 radical (unpaired) electrons.